The first kappa shape index (κ1) is 20.5. The van der Waals surface area contributed by atoms with Crippen LogP contribution < -0.4 is 10.9 Å². The topological polar surface area (TPSA) is 148 Å². The summed E-state index contributed by atoms with van der Waals surface area (Å²) < 4.78 is 6.16. The van der Waals surface area contributed by atoms with Gasteiger partial charge in [-0.15, -0.1) is 0 Å². The molecule has 0 fully saturated rings. The summed E-state index contributed by atoms with van der Waals surface area (Å²) in [5.41, 5.74) is 0.442. The molecule has 0 aliphatic carbocycles. The van der Waals surface area contributed by atoms with Gasteiger partial charge in [0.1, 0.15) is 0 Å². The molecular weight excluding hydrogens is 416 g/mol. The fraction of sp³-hybridized carbons (Fsp3) is 0.0455. The van der Waals surface area contributed by atoms with Crippen molar-refractivity contribution < 1.29 is 24.2 Å². The second kappa shape index (κ2) is 8.56. The molecule has 10 heteroatoms. The highest BCUT2D eigenvalue weighted by molar-refractivity contribution is 5.87. The van der Waals surface area contributed by atoms with E-state index in [9.17, 15) is 19.5 Å². The maximum absolute atomic E-state index is 12.6. The monoisotopic (exact) mass is 432 g/mol. The van der Waals surface area contributed by atoms with Crippen molar-refractivity contribution >= 4 is 12.0 Å². The molecule has 0 unspecified atom stereocenters. The molecule has 0 aliphatic rings. The lowest BCUT2D eigenvalue weighted by atomic mass is 10.1. The van der Waals surface area contributed by atoms with Gasteiger partial charge in [-0.05, 0) is 17.7 Å². The number of amides is 1. The zero-order valence-electron chi connectivity index (χ0n) is 16.4. The van der Waals surface area contributed by atoms with Crippen molar-refractivity contribution in [3.63, 3.8) is 0 Å². The lowest BCUT2D eigenvalue weighted by Crippen LogP contribution is -2.36. The highest BCUT2D eigenvalue weighted by Gasteiger charge is 2.21. The lowest BCUT2D eigenvalue weighted by Gasteiger charge is -2.10. The maximum Gasteiger partial charge on any atom is 0.335 e. The second-order valence-electron chi connectivity index (χ2n) is 6.66. The Bertz CT molecular complexity index is 1340. The normalized spacial score (nSPS) is 10.6. The summed E-state index contributed by atoms with van der Waals surface area (Å²) in [7, 11) is 0. The van der Waals surface area contributed by atoms with Gasteiger partial charge in [0.05, 0.1) is 18.0 Å². The molecule has 0 saturated carbocycles. The summed E-state index contributed by atoms with van der Waals surface area (Å²) in [5.74, 6) is -1.43. The lowest BCUT2D eigenvalue weighted by molar-refractivity contribution is 0.0697. The number of aromatic carboxylic acids is 1. The highest BCUT2D eigenvalue weighted by Crippen LogP contribution is 2.28. The molecule has 0 bridgehead atoms. The van der Waals surface area contributed by atoms with E-state index in [1.165, 1.54) is 30.5 Å². The number of nitrogens with one attached hydrogen (secondary N) is 1. The van der Waals surface area contributed by atoms with E-state index in [2.05, 4.69) is 15.3 Å². The smallest absolute Gasteiger partial charge is 0.335 e. The SMILES string of the molecule is O=C(O)c1ccc(CNC(=O)n2c(O)c(-c3ncc(-c4ccccc4)o3)ncc2=O)cc1. The quantitative estimate of drug-likeness (QED) is 0.436. The molecule has 0 saturated heterocycles. The van der Waals surface area contributed by atoms with Crippen molar-refractivity contribution in [3.05, 3.63) is 88.5 Å². The molecule has 3 N–H and O–H groups in total. The summed E-state index contributed by atoms with van der Waals surface area (Å²) in [6.45, 7) is -0.000570. The fourth-order valence-electron chi connectivity index (χ4n) is 2.93. The Kier molecular flexibility index (Phi) is 5.49. The van der Waals surface area contributed by atoms with Crippen molar-refractivity contribution in [1.82, 2.24) is 19.9 Å². The van der Waals surface area contributed by atoms with Crippen LogP contribution in [0.15, 0.2) is 76.2 Å². The van der Waals surface area contributed by atoms with Crippen LogP contribution in [0.1, 0.15) is 15.9 Å². The van der Waals surface area contributed by atoms with Crippen LogP contribution in [0.2, 0.25) is 0 Å². The number of aromatic hydroxyl groups is 1. The van der Waals surface area contributed by atoms with Crippen molar-refractivity contribution in [2.24, 2.45) is 0 Å². The Morgan fingerprint density at radius 3 is 2.41 bits per heavy atom. The number of carboxylic acid groups (broad SMARTS) is 1. The molecule has 2 aromatic heterocycles. The van der Waals surface area contributed by atoms with Gasteiger partial charge in [-0.2, -0.15) is 4.57 Å². The zero-order valence-corrected chi connectivity index (χ0v) is 16.4. The maximum atomic E-state index is 12.6. The molecule has 2 heterocycles. The Labute approximate surface area is 180 Å². The molecule has 160 valence electrons. The summed E-state index contributed by atoms with van der Waals surface area (Å²) in [5, 5.41) is 22.0. The summed E-state index contributed by atoms with van der Waals surface area (Å²) >= 11 is 0. The van der Waals surface area contributed by atoms with E-state index >= 15 is 0 Å². The standard InChI is InChI=1S/C22H16N4O6/c27-17-12-23-18(19-24-11-16(32-19)14-4-2-1-3-5-14)20(28)26(17)22(31)25-10-13-6-8-15(9-7-13)21(29)30/h1-9,11-12,28H,10H2,(H,25,31)(H,29,30). The van der Waals surface area contributed by atoms with E-state index in [0.29, 0.717) is 15.9 Å². The van der Waals surface area contributed by atoms with Crippen molar-refractivity contribution in [3.8, 4) is 28.8 Å². The predicted molar refractivity (Wildman–Crippen MR) is 112 cm³/mol. The molecule has 0 atom stereocenters. The number of rotatable bonds is 5. The van der Waals surface area contributed by atoms with Crippen LogP contribution in [0, 0.1) is 0 Å². The van der Waals surface area contributed by atoms with Gasteiger partial charge in [0.15, 0.2) is 11.5 Å². The van der Waals surface area contributed by atoms with E-state index in [0.717, 1.165) is 11.8 Å². The van der Waals surface area contributed by atoms with Gasteiger partial charge in [0.25, 0.3) is 11.4 Å². The van der Waals surface area contributed by atoms with Crippen LogP contribution in [0.5, 0.6) is 5.88 Å². The van der Waals surface area contributed by atoms with Crippen LogP contribution >= 0.6 is 0 Å². The minimum absolute atomic E-state index is 0.000570. The second-order valence-corrected chi connectivity index (χ2v) is 6.66. The molecule has 0 spiro atoms. The van der Waals surface area contributed by atoms with Gasteiger partial charge in [0, 0.05) is 12.1 Å². The number of nitrogens with zero attached hydrogens (tertiary/aromatic N) is 3. The van der Waals surface area contributed by atoms with Crippen LogP contribution in [-0.2, 0) is 6.54 Å². The van der Waals surface area contributed by atoms with Crippen molar-refractivity contribution in [2.75, 3.05) is 0 Å². The van der Waals surface area contributed by atoms with Crippen LogP contribution in [-0.4, -0.2) is 36.7 Å². The largest absolute Gasteiger partial charge is 0.492 e. The number of hydrogen-bond acceptors (Lipinski definition) is 7. The Morgan fingerprint density at radius 1 is 1.00 bits per heavy atom. The van der Waals surface area contributed by atoms with E-state index in [-0.39, 0.29) is 23.7 Å². The summed E-state index contributed by atoms with van der Waals surface area (Å²) in [4.78, 5) is 43.6. The Balaban J connectivity index is 1.57. The molecule has 1 amide bonds. The molecule has 10 nitrogen and oxygen atoms in total. The van der Waals surface area contributed by atoms with Gasteiger partial charge < -0.3 is 19.9 Å². The zero-order chi connectivity index (χ0) is 22.7. The molecule has 4 aromatic rings. The minimum Gasteiger partial charge on any atom is -0.492 e. The number of hydrogen-bond donors (Lipinski definition) is 3. The molecule has 32 heavy (non-hydrogen) atoms. The number of oxazole rings is 1. The summed E-state index contributed by atoms with van der Waals surface area (Å²) in [6, 6.07) is 14.1. The van der Waals surface area contributed by atoms with Gasteiger partial charge >= 0.3 is 12.0 Å². The van der Waals surface area contributed by atoms with Crippen molar-refractivity contribution in [2.45, 2.75) is 6.54 Å². The van der Waals surface area contributed by atoms with Gasteiger partial charge in [0.2, 0.25) is 5.88 Å². The van der Waals surface area contributed by atoms with E-state index in [4.69, 9.17) is 9.52 Å². The Morgan fingerprint density at radius 2 is 1.72 bits per heavy atom. The Hall–Kier alpha value is -4.73. The minimum atomic E-state index is -1.07. The number of carbonyl (C=O) groups excluding carboxylic acids is 1. The fourth-order valence-corrected chi connectivity index (χ4v) is 2.93. The van der Waals surface area contributed by atoms with Gasteiger partial charge in [-0.3, -0.25) is 4.79 Å². The molecule has 0 aliphatic heterocycles. The third kappa shape index (κ3) is 4.10. The first-order valence-corrected chi connectivity index (χ1v) is 9.37. The van der Waals surface area contributed by atoms with Gasteiger partial charge in [-0.25, -0.2) is 19.6 Å². The third-order valence-electron chi connectivity index (χ3n) is 4.56. The van der Waals surface area contributed by atoms with E-state index in [1.807, 2.05) is 30.3 Å². The number of benzene rings is 2. The predicted octanol–water partition coefficient (Wildman–Crippen LogP) is 2.73. The summed E-state index contributed by atoms with van der Waals surface area (Å²) in [6.07, 6.45) is 2.32. The highest BCUT2D eigenvalue weighted by atomic mass is 16.4. The first-order chi connectivity index (χ1) is 15.4. The van der Waals surface area contributed by atoms with Crippen molar-refractivity contribution in [1.29, 1.82) is 0 Å². The van der Waals surface area contributed by atoms with Crippen LogP contribution in [0.4, 0.5) is 4.79 Å². The van der Waals surface area contributed by atoms with Gasteiger partial charge in [-0.1, -0.05) is 42.5 Å². The molecule has 4 rings (SSSR count). The van der Waals surface area contributed by atoms with Crippen LogP contribution in [0.3, 0.4) is 0 Å². The van der Waals surface area contributed by atoms with E-state index < -0.39 is 23.4 Å². The average molecular weight is 432 g/mol. The number of carbonyl (C=O) groups is 2. The molecular formula is C22H16N4O6. The van der Waals surface area contributed by atoms with Crippen LogP contribution in [0.25, 0.3) is 22.9 Å². The number of carboxylic acids is 1. The molecule has 0 radical (unpaired) electrons. The average Bonchev–Trinajstić information content (AvgIpc) is 3.28. The molecule has 2 aromatic carbocycles. The third-order valence-corrected chi connectivity index (χ3v) is 4.56. The number of aromatic nitrogens is 3. The first-order valence-electron chi connectivity index (χ1n) is 9.37. The van der Waals surface area contributed by atoms with E-state index in [1.54, 1.807) is 0 Å².